The normalized spacial score (nSPS) is 20.8. The van der Waals surface area contributed by atoms with Gasteiger partial charge in [-0.2, -0.15) is 0 Å². The highest BCUT2D eigenvalue weighted by Gasteiger charge is 2.35. The molecule has 2 rings (SSSR count). The molecule has 1 heterocycles. The van der Waals surface area contributed by atoms with Gasteiger partial charge in [0.15, 0.2) is 0 Å². The molecule has 1 aliphatic heterocycles. The largest absolute Gasteiger partial charge is 0.336 e. The molecule has 4 nitrogen and oxygen atoms in total. The molecule has 1 aromatic carbocycles. The van der Waals surface area contributed by atoms with E-state index in [2.05, 4.69) is 19.1 Å². The van der Waals surface area contributed by atoms with E-state index in [9.17, 15) is 13.2 Å². The van der Waals surface area contributed by atoms with Gasteiger partial charge in [0.2, 0.25) is 15.0 Å². The number of benzene rings is 1. The number of hydrogen-bond acceptors (Lipinski definition) is 3. The maximum atomic E-state index is 12.1. The predicted molar refractivity (Wildman–Crippen MR) is 83.7 cm³/mol. The SMILES string of the molecule is CCc1ccc(C(C)N2CC(CS(=O)(=O)Cl)CC2=O)cc1. The molecule has 1 aromatic rings. The highest BCUT2D eigenvalue weighted by atomic mass is 35.7. The second-order valence-corrected chi connectivity index (χ2v) is 8.41. The molecular weight excluding hydrogens is 310 g/mol. The van der Waals surface area contributed by atoms with E-state index in [4.69, 9.17) is 10.7 Å². The summed E-state index contributed by atoms with van der Waals surface area (Å²) < 4.78 is 22.3. The van der Waals surface area contributed by atoms with Gasteiger partial charge in [-0.3, -0.25) is 4.79 Å². The van der Waals surface area contributed by atoms with E-state index >= 15 is 0 Å². The molecule has 6 heteroatoms. The summed E-state index contributed by atoms with van der Waals surface area (Å²) in [7, 11) is 1.72. The number of nitrogens with zero attached hydrogens (tertiary/aromatic N) is 1. The molecule has 0 radical (unpaired) electrons. The van der Waals surface area contributed by atoms with Gasteiger partial charge in [-0.1, -0.05) is 31.2 Å². The van der Waals surface area contributed by atoms with Crippen LogP contribution in [0.3, 0.4) is 0 Å². The van der Waals surface area contributed by atoms with Crippen LogP contribution in [0.2, 0.25) is 0 Å². The van der Waals surface area contributed by atoms with Crippen LogP contribution in [0.15, 0.2) is 24.3 Å². The van der Waals surface area contributed by atoms with Gasteiger partial charge in [0.1, 0.15) is 0 Å². The van der Waals surface area contributed by atoms with Gasteiger partial charge in [-0.05, 0) is 24.5 Å². The summed E-state index contributed by atoms with van der Waals surface area (Å²) in [5, 5.41) is 0. The number of likely N-dealkylation sites (tertiary alicyclic amines) is 1. The zero-order valence-electron chi connectivity index (χ0n) is 12.3. The van der Waals surface area contributed by atoms with Gasteiger partial charge in [0.05, 0.1) is 11.8 Å². The van der Waals surface area contributed by atoms with Gasteiger partial charge in [-0.25, -0.2) is 8.42 Å². The number of carbonyl (C=O) groups is 1. The van der Waals surface area contributed by atoms with Crippen LogP contribution in [0.1, 0.15) is 37.4 Å². The second-order valence-electron chi connectivity index (χ2n) is 5.59. The molecule has 21 heavy (non-hydrogen) atoms. The van der Waals surface area contributed by atoms with Crippen molar-refractivity contribution in [3.8, 4) is 0 Å². The molecular formula is C15H20ClNO3S. The van der Waals surface area contributed by atoms with Crippen molar-refractivity contribution >= 4 is 25.6 Å². The third-order valence-electron chi connectivity index (χ3n) is 4.01. The topological polar surface area (TPSA) is 54.5 Å². The molecule has 116 valence electrons. The van der Waals surface area contributed by atoms with Crippen LogP contribution in [0, 0.1) is 5.92 Å². The monoisotopic (exact) mass is 329 g/mol. The molecule has 0 aromatic heterocycles. The quantitative estimate of drug-likeness (QED) is 0.780. The predicted octanol–water partition coefficient (Wildman–Crippen LogP) is 2.73. The molecule has 1 saturated heterocycles. The van der Waals surface area contributed by atoms with Crippen LogP contribution in [0.4, 0.5) is 0 Å². The number of hydrogen-bond donors (Lipinski definition) is 0. The van der Waals surface area contributed by atoms with Crippen LogP contribution in [0.25, 0.3) is 0 Å². The zero-order chi connectivity index (χ0) is 15.6. The Hall–Kier alpha value is -1.07. The Balaban J connectivity index is 2.08. The fourth-order valence-electron chi connectivity index (χ4n) is 2.79. The van der Waals surface area contributed by atoms with E-state index in [0.29, 0.717) is 6.54 Å². The molecule has 0 bridgehead atoms. The summed E-state index contributed by atoms with van der Waals surface area (Å²) in [5.41, 5.74) is 2.32. The van der Waals surface area contributed by atoms with Crippen molar-refractivity contribution in [3.05, 3.63) is 35.4 Å². The maximum Gasteiger partial charge on any atom is 0.232 e. The first-order valence-corrected chi connectivity index (χ1v) is 9.58. The van der Waals surface area contributed by atoms with Gasteiger partial charge in [-0.15, -0.1) is 0 Å². The molecule has 0 spiro atoms. The Kier molecular flexibility index (Phi) is 4.94. The molecule has 2 unspecified atom stereocenters. The maximum absolute atomic E-state index is 12.1. The van der Waals surface area contributed by atoms with Gasteiger partial charge in [0, 0.05) is 29.6 Å². The lowest BCUT2D eigenvalue weighted by molar-refractivity contribution is -0.129. The first-order valence-electron chi connectivity index (χ1n) is 7.10. The van der Waals surface area contributed by atoms with Crippen molar-refractivity contribution in [2.75, 3.05) is 12.3 Å². The minimum absolute atomic E-state index is 0.00705. The van der Waals surface area contributed by atoms with E-state index in [1.807, 2.05) is 19.1 Å². The minimum atomic E-state index is -3.56. The molecule has 0 aliphatic carbocycles. The van der Waals surface area contributed by atoms with Crippen LogP contribution >= 0.6 is 10.7 Å². The Labute approximate surface area is 130 Å². The van der Waals surface area contributed by atoms with Crippen molar-refractivity contribution in [1.29, 1.82) is 0 Å². The van der Waals surface area contributed by atoms with E-state index in [0.717, 1.165) is 12.0 Å². The van der Waals surface area contributed by atoms with Gasteiger partial charge < -0.3 is 4.90 Å². The average Bonchev–Trinajstić information content (AvgIpc) is 2.76. The lowest BCUT2D eigenvalue weighted by Crippen LogP contribution is -2.29. The van der Waals surface area contributed by atoms with Gasteiger partial charge >= 0.3 is 0 Å². The Morgan fingerprint density at radius 3 is 2.48 bits per heavy atom. The van der Waals surface area contributed by atoms with Crippen LogP contribution in [-0.4, -0.2) is 31.5 Å². The summed E-state index contributed by atoms with van der Waals surface area (Å²) in [6.07, 6.45) is 1.23. The molecule has 1 amide bonds. The first-order chi connectivity index (χ1) is 9.80. The summed E-state index contributed by atoms with van der Waals surface area (Å²) >= 11 is 0. The van der Waals surface area contributed by atoms with E-state index in [-0.39, 0.29) is 30.0 Å². The van der Waals surface area contributed by atoms with Crippen molar-refractivity contribution in [3.63, 3.8) is 0 Å². The molecule has 1 fully saturated rings. The standard InChI is InChI=1S/C15H20ClNO3S/c1-3-12-4-6-14(7-5-12)11(2)17-9-13(8-15(17)18)10-21(16,19)20/h4-7,11,13H,3,8-10H2,1-2H3. The highest BCUT2D eigenvalue weighted by Crippen LogP contribution is 2.29. The van der Waals surface area contributed by atoms with Crippen molar-refractivity contribution in [2.45, 2.75) is 32.7 Å². The van der Waals surface area contributed by atoms with Crippen LogP contribution in [0.5, 0.6) is 0 Å². The lowest BCUT2D eigenvalue weighted by Gasteiger charge is -2.25. The summed E-state index contributed by atoms with van der Waals surface area (Å²) in [4.78, 5) is 13.8. The molecule has 0 N–H and O–H groups in total. The zero-order valence-corrected chi connectivity index (χ0v) is 13.8. The summed E-state index contributed by atoms with van der Waals surface area (Å²) in [5.74, 6) is -0.358. The Bertz CT molecular complexity index is 612. The Morgan fingerprint density at radius 2 is 1.95 bits per heavy atom. The lowest BCUT2D eigenvalue weighted by atomic mass is 10.0. The number of halogens is 1. The number of rotatable bonds is 5. The van der Waals surface area contributed by atoms with Crippen molar-refractivity contribution in [1.82, 2.24) is 4.90 Å². The van der Waals surface area contributed by atoms with Crippen LogP contribution in [-0.2, 0) is 20.3 Å². The third kappa shape index (κ3) is 4.20. The van der Waals surface area contributed by atoms with Gasteiger partial charge in [0.25, 0.3) is 0 Å². The van der Waals surface area contributed by atoms with E-state index < -0.39 is 9.05 Å². The smallest absolute Gasteiger partial charge is 0.232 e. The number of aryl methyl sites for hydroxylation is 1. The fraction of sp³-hybridized carbons (Fsp3) is 0.533. The third-order valence-corrected chi connectivity index (χ3v) is 5.26. The van der Waals surface area contributed by atoms with Crippen LogP contribution < -0.4 is 0 Å². The summed E-state index contributed by atoms with van der Waals surface area (Å²) in [6, 6.07) is 8.14. The second kappa shape index (κ2) is 6.36. The van der Waals surface area contributed by atoms with E-state index in [1.165, 1.54) is 5.56 Å². The molecule has 1 aliphatic rings. The number of amides is 1. The Morgan fingerprint density at radius 1 is 1.33 bits per heavy atom. The average molecular weight is 330 g/mol. The molecule has 0 saturated carbocycles. The highest BCUT2D eigenvalue weighted by molar-refractivity contribution is 8.13. The van der Waals surface area contributed by atoms with Crippen molar-refractivity contribution in [2.24, 2.45) is 5.92 Å². The first kappa shape index (κ1) is 16.3. The number of carbonyl (C=O) groups excluding carboxylic acids is 1. The van der Waals surface area contributed by atoms with Crippen molar-refractivity contribution < 1.29 is 13.2 Å². The minimum Gasteiger partial charge on any atom is -0.336 e. The molecule has 2 atom stereocenters. The van der Waals surface area contributed by atoms with E-state index in [1.54, 1.807) is 4.90 Å². The fourth-order valence-corrected chi connectivity index (χ4v) is 4.11. The summed E-state index contributed by atoms with van der Waals surface area (Å²) in [6.45, 7) is 4.51.